The predicted molar refractivity (Wildman–Crippen MR) is 63.0 cm³/mol. The lowest BCUT2D eigenvalue weighted by Crippen LogP contribution is -2.40. The largest absolute Gasteiger partial charge is 0.480 e. The van der Waals surface area contributed by atoms with Gasteiger partial charge in [-0.3, -0.25) is 9.59 Å². The van der Waals surface area contributed by atoms with Crippen LogP contribution >= 0.6 is 11.8 Å². The Kier molecular flexibility index (Phi) is 2.76. The number of carboxylic acids is 1. The van der Waals surface area contributed by atoms with Crippen LogP contribution in [0.5, 0.6) is 0 Å². The molecule has 0 saturated heterocycles. The third-order valence-corrected chi connectivity index (χ3v) is 4.21. The number of fused-ring (bicyclic) bond motifs is 1. The first-order valence-corrected chi connectivity index (χ1v) is 6.04. The van der Waals surface area contributed by atoms with Gasteiger partial charge in [-0.1, -0.05) is 24.3 Å². The number of hydrogen-bond donors (Lipinski definition) is 1. The molecule has 1 atom stereocenters. The Morgan fingerprint density at radius 2 is 2.12 bits per heavy atom. The summed E-state index contributed by atoms with van der Waals surface area (Å²) in [6.07, 6.45) is 0.745. The lowest BCUT2D eigenvalue weighted by atomic mass is 9.94. The van der Waals surface area contributed by atoms with E-state index in [9.17, 15) is 14.7 Å². The molecule has 0 bridgehead atoms. The van der Waals surface area contributed by atoms with Gasteiger partial charge in [0.25, 0.3) is 0 Å². The smallest absolute Gasteiger partial charge is 0.327 e. The van der Waals surface area contributed by atoms with Gasteiger partial charge in [-0.15, -0.1) is 11.8 Å². The molecule has 0 saturated carbocycles. The summed E-state index contributed by atoms with van der Waals surface area (Å²) in [5.41, 5.74) is 1.50. The van der Waals surface area contributed by atoms with Gasteiger partial charge in [-0.2, -0.15) is 0 Å². The van der Waals surface area contributed by atoms with Crippen LogP contribution in [-0.2, 0) is 11.2 Å². The van der Waals surface area contributed by atoms with Crippen molar-refractivity contribution in [3.63, 3.8) is 0 Å². The van der Waals surface area contributed by atoms with Crippen LogP contribution in [0, 0.1) is 0 Å². The lowest BCUT2D eigenvalue weighted by molar-refractivity contribution is -0.138. The zero-order chi connectivity index (χ0) is 11.8. The summed E-state index contributed by atoms with van der Waals surface area (Å²) in [4.78, 5) is 23.4. The first-order valence-electron chi connectivity index (χ1n) is 5.06. The summed E-state index contributed by atoms with van der Waals surface area (Å²) in [7, 11) is 0. The number of aliphatic carboxylic acids is 1. The fourth-order valence-electron chi connectivity index (χ4n) is 1.81. The number of aryl methyl sites for hydroxylation is 1. The Morgan fingerprint density at radius 1 is 1.44 bits per heavy atom. The van der Waals surface area contributed by atoms with E-state index in [1.54, 1.807) is 12.1 Å². The van der Waals surface area contributed by atoms with Gasteiger partial charge in [0, 0.05) is 5.56 Å². The molecule has 16 heavy (non-hydrogen) atoms. The van der Waals surface area contributed by atoms with Gasteiger partial charge >= 0.3 is 5.97 Å². The maximum Gasteiger partial charge on any atom is 0.327 e. The van der Waals surface area contributed by atoms with Crippen LogP contribution in [0.15, 0.2) is 24.3 Å². The number of hydrogen-bond acceptors (Lipinski definition) is 3. The molecule has 0 fully saturated rings. The fourth-order valence-corrected chi connectivity index (χ4v) is 2.90. The monoisotopic (exact) mass is 236 g/mol. The van der Waals surface area contributed by atoms with E-state index in [-0.39, 0.29) is 5.78 Å². The molecule has 0 amide bonds. The molecule has 1 aromatic rings. The Hall–Kier alpha value is -1.29. The van der Waals surface area contributed by atoms with E-state index in [1.165, 1.54) is 18.7 Å². The van der Waals surface area contributed by atoms with Gasteiger partial charge in [0.2, 0.25) is 0 Å². The van der Waals surface area contributed by atoms with Crippen molar-refractivity contribution in [2.45, 2.75) is 18.1 Å². The van der Waals surface area contributed by atoms with Crippen LogP contribution < -0.4 is 0 Å². The van der Waals surface area contributed by atoms with Crippen molar-refractivity contribution < 1.29 is 14.7 Å². The average Bonchev–Trinajstić information content (AvgIpc) is 2.39. The Labute approximate surface area is 97.9 Å². The number of rotatable bonds is 1. The van der Waals surface area contributed by atoms with Gasteiger partial charge in [0.05, 0.1) is 0 Å². The SMILES string of the molecule is CC1(C(=O)O)SCCc2ccccc2C1=O. The third-order valence-electron chi connectivity index (χ3n) is 2.87. The van der Waals surface area contributed by atoms with Gasteiger partial charge in [0.15, 0.2) is 10.5 Å². The van der Waals surface area contributed by atoms with Crippen molar-refractivity contribution in [2.24, 2.45) is 0 Å². The molecule has 1 aliphatic heterocycles. The van der Waals surface area contributed by atoms with Crippen molar-refractivity contribution in [2.75, 3.05) is 5.75 Å². The van der Waals surface area contributed by atoms with E-state index in [4.69, 9.17) is 0 Å². The number of thioether (sulfide) groups is 1. The minimum absolute atomic E-state index is 0.293. The van der Waals surface area contributed by atoms with E-state index in [0.29, 0.717) is 11.3 Å². The van der Waals surface area contributed by atoms with Crippen LogP contribution in [0.1, 0.15) is 22.8 Å². The zero-order valence-corrected chi connectivity index (χ0v) is 9.71. The number of carboxylic acid groups (broad SMARTS) is 1. The topological polar surface area (TPSA) is 54.4 Å². The molecule has 84 valence electrons. The molecule has 1 aromatic carbocycles. The Morgan fingerprint density at radius 3 is 2.81 bits per heavy atom. The van der Waals surface area contributed by atoms with Crippen LogP contribution in [0.3, 0.4) is 0 Å². The summed E-state index contributed by atoms with van der Waals surface area (Å²) in [5.74, 6) is -0.691. The number of benzene rings is 1. The van der Waals surface area contributed by atoms with Crippen molar-refractivity contribution >= 4 is 23.5 Å². The first-order chi connectivity index (χ1) is 7.55. The third kappa shape index (κ3) is 1.63. The number of Topliss-reactive ketones (excluding diaryl/α,β-unsaturated/α-hetero) is 1. The summed E-state index contributed by atoms with van der Waals surface area (Å²) in [5, 5.41) is 9.18. The van der Waals surface area contributed by atoms with Gasteiger partial charge in [0.1, 0.15) is 0 Å². The standard InChI is InChI=1S/C12H12O3S/c1-12(11(14)15)10(13)9-5-3-2-4-8(9)6-7-16-12/h2-5H,6-7H2,1H3,(H,14,15). The second kappa shape index (κ2) is 3.94. The molecule has 3 nitrogen and oxygen atoms in total. The quantitative estimate of drug-likeness (QED) is 0.758. The van der Waals surface area contributed by atoms with E-state index in [1.807, 2.05) is 12.1 Å². The van der Waals surface area contributed by atoms with Crippen molar-refractivity contribution in [1.82, 2.24) is 0 Å². The van der Waals surface area contributed by atoms with Crippen LogP contribution in [0.4, 0.5) is 0 Å². The predicted octanol–water partition coefficient (Wildman–Crippen LogP) is 2.00. The van der Waals surface area contributed by atoms with Crippen molar-refractivity contribution in [3.8, 4) is 0 Å². The summed E-state index contributed by atoms with van der Waals surface area (Å²) in [6.45, 7) is 1.49. The van der Waals surface area contributed by atoms with E-state index >= 15 is 0 Å². The average molecular weight is 236 g/mol. The summed E-state index contributed by atoms with van der Waals surface area (Å²) in [6, 6.07) is 7.25. The molecular formula is C12H12O3S. The molecule has 0 aliphatic carbocycles. The van der Waals surface area contributed by atoms with Gasteiger partial charge in [-0.05, 0) is 24.7 Å². The molecule has 0 spiro atoms. The molecule has 4 heteroatoms. The maximum atomic E-state index is 12.2. The molecule has 1 unspecified atom stereocenters. The maximum absolute atomic E-state index is 12.2. The highest BCUT2D eigenvalue weighted by Gasteiger charge is 2.44. The fraction of sp³-hybridized carbons (Fsp3) is 0.333. The van der Waals surface area contributed by atoms with Crippen molar-refractivity contribution in [3.05, 3.63) is 35.4 Å². The number of ketones is 1. The molecule has 2 rings (SSSR count). The second-order valence-electron chi connectivity index (χ2n) is 3.92. The second-order valence-corrected chi connectivity index (χ2v) is 5.44. The minimum atomic E-state index is -1.34. The normalized spacial score (nSPS) is 24.7. The molecule has 1 heterocycles. The molecule has 1 N–H and O–H groups in total. The number of carbonyl (C=O) groups excluding carboxylic acids is 1. The highest BCUT2D eigenvalue weighted by Crippen LogP contribution is 2.34. The summed E-state index contributed by atoms with van der Waals surface area (Å²) >= 11 is 1.21. The van der Waals surface area contributed by atoms with E-state index in [0.717, 1.165) is 12.0 Å². The van der Waals surface area contributed by atoms with Gasteiger partial charge in [-0.25, -0.2) is 0 Å². The van der Waals surface area contributed by atoms with Crippen LogP contribution in [-0.4, -0.2) is 27.4 Å². The highest BCUT2D eigenvalue weighted by atomic mass is 32.2. The molecule has 1 aliphatic rings. The molecule has 0 radical (unpaired) electrons. The van der Waals surface area contributed by atoms with Crippen LogP contribution in [0.2, 0.25) is 0 Å². The molecular weight excluding hydrogens is 224 g/mol. The van der Waals surface area contributed by atoms with E-state index < -0.39 is 10.7 Å². The summed E-state index contributed by atoms with van der Waals surface area (Å²) < 4.78 is -1.34. The van der Waals surface area contributed by atoms with E-state index in [2.05, 4.69) is 0 Å². The highest BCUT2D eigenvalue weighted by molar-refractivity contribution is 8.02. The zero-order valence-electron chi connectivity index (χ0n) is 8.90. The lowest BCUT2D eigenvalue weighted by Gasteiger charge is -2.20. The number of carbonyl (C=O) groups is 2. The molecule has 0 aromatic heterocycles. The minimum Gasteiger partial charge on any atom is -0.480 e. The van der Waals surface area contributed by atoms with Gasteiger partial charge < -0.3 is 5.11 Å². The van der Waals surface area contributed by atoms with Crippen LogP contribution in [0.25, 0.3) is 0 Å². The Balaban J connectivity index is 2.53. The van der Waals surface area contributed by atoms with Crippen molar-refractivity contribution in [1.29, 1.82) is 0 Å². The first kappa shape index (κ1) is 11.2. The Bertz CT molecular complexity index is 455.